The smallest absolute Gasteiger partial charge is 0.406 e. The van der Waals surface area contributed by atoms with Crippen molar-refractivity contribution in [3.8, 4) is 5.75 Å². The second-order valence-corrected chi connectivity index (χ2v) is 5.17. The molecule has 0 saturated carbocycles. The highest BCUT2D eigenvalue weighted by atomic mass is 19.4. The van der Waals surface area contributed by atoms with Crippen LogP contribution in [0, 0.1) is 6.92 Å². The van der Waals surface area contributed by atoms with Crippen LogP contribution < -0.4 is 15.4 Å². The van der Waals surface area contributed by atoms with E-state index in [1.807, 2.05) is 13.0 Å². The summed E-state index contributed by atoms with van der Waals surface area (Å²) in [7, 11) is 0. The Kier molecular flexibility index (Phi) is 5.63. The zero-order chi connectivity index (χ0) is 18.4. The Morgan fingerprint density at radius 3 is 2.36 bits per heavy atom. The monoisotopic (exact) mass is 352 g/mol. The van der Waals surface area contributed by atoms with Gasteiger partial charge >= 0.3 is 6.36 Å². The van der Waals surface area contributed by atoms with Crippen LogP contribution in [0.3, 0.4) is 0 Å². The van der Waals surface area contributed by atoms with E-state index in [2.05, 4.69) is 15.4 Å². The van der Waals surface area contributed by atoms with Crippen LogP contribution in [0.1, 0.15) is 15.9 Å². The first kappa shape index (κ1) is 18.3. The van der Waals surface area contributed by atoms with E-state index in [0.717, 1.165) is 17.7 Å². The molecular formula is C17H15F3N2O3. The van der Waals surface area contributed by atoms with Gasteiger partial charge in [-0.05, 0) is 43.3 Å². The fourth-order valence-electron chi connectivity index (χ4n) is 1.99. The molecule has 0 atom stereocenters. The van der Waals surface area contributed by atoms with Gasteiger partial charge in [0.25, 0.3) is 5.91 Å². The Balaban J connectivity index is 1.85. The molecule has 0 aliphatic rings. The van der Waals surface area contributed by atoms with Crippen LogP contribution in [0.2, 0.25) is 0 Å². The third kappa shape index (κ3) is 6.17. The molecule has 2 aromatic rings. The van der Waals surface area contributed by atoms with Gasteiger partial charge in [0.1, 0.15) is 5.75 Å². The maximum absolute atomic E-state index is 12.1. The third-order valence-corrected chi connectivity index (χ3v) is 3.06. The van der Waals surface area contributed by atoms with Crippen molar-refractivity contribution in [1.82, 2.24) is 5.32 Å². The van der Waals surface area contributed by atoms with Crippen molar-refractivity contribution in [3.63, 3.8) is 0 Å². The Morgan fingerprint density at radius 1 is 1.08 bits per heavy atom. The van der Waals surface area contributed by atoms with E-state index in [-0.39, 0.29) is 12.2 Å². The molecule has 0 radical (unpaired) electrons. The van der Waals surface area contributed by atoms with Crippen LogP contribution >= 0.6 is 0 Å². The van der Waals surface area contributed by atoms with Crippen LogP contribution in [0.25, 0.3) is 0 Å². The highest BCUT2D eigenvalue weighted by Crippen LogP contribution is 2.23. The highest BCUT2D eigenvalue weighted by molar-refractivity contribution is 5.99. The van der Waals surface area contributed by atoms with E-state index in [1.165, 1.54) is 12.1 Å². The zero-order valence-electron chi connectivity index (χ0n) is 13.2. The topological polar surface area (TPSA) is 67.4 Å². The Hall–Kier alpha value is -3.03. The van der Waals surface area contributed by atoms with Gasteiger partial charge < -0.3 is 15.4 Å². The van der Waals surface area contributed by atoms with Crippen LogP contribution in [0.5, 0.6) is 5.75 Å². The predicted molar refractivity (Wildman–Crippen MR) is 85.3 cm³/mol. The van der Waals surface area contributed by atoms with E-state index >= 15 is 0 Å². The number of hydrogen-bond donors (Lipinski definition) is 2. The zero-order valence-corrected chi connectivity index (χ0v) is 13.2. The fourth-order valence-corrected chi connectivity index (χ4v) is 1.99. The predicted octanol–water partition coefficient (Wildman–Crippen LogP) is 3.26. The van der Waals surface area contributed by atoms with Crippen LogP contribution in [0.15, 0.2) is 48.5 Å². The van der Waals surface area contributed by atoms with Crippen molar-refractivity contribution in [2.45, 2.75) is 13.3 Å². The summed E-state index contributed by atoms with van der Waals surface area (Å²) in [4.78, 5) is 23.7. The first-order valence-electron chi connectivity index (χ1n) is 7.23. The normalized spacial score (nSPS) is 10.9. The molecule has 0 unspecified atom stereocenters. The molecule has 0 aliphatic heterocycles. The molecule has 0 spiro atoms. The first-order valence-corrected chi connectivity index (χ1v) is 7.23. The van der Waals surface area contributed by atoms with Crippen molar-refractivity contribution in [1.29, 1.82) is 0 Å². The molecule has 0 saturated heterocycles. The van der Waals surface area contributed by atoms with Gasteiger partial charge in [-0.3, -0.25) is 9.59 Å². The van der Waals surface area contributed by atoms with E-state index in [0.29, 0.717) is 5.56 Å². The van der Waals surface area contributed by atoms with E-state index in [9.17, 15) is 22.8 Å². The quantitative estimate of drug-likeness (QED) is 0.868. The second kappa shape index (κ2) is 7.69. The minimum absolute atomic E-state index is 0.270. The standard InChI is InChI=1S/C17H15F3N2O3/c1-11-3-2-4-12(9-11)16(24)21-10-15(23)22-13-5-7-14(8-6-13)25-17(18,19)20/h2-9H,10H2,1H3,(H,21,24)(H,22,23). The van der Waals surface area contributed by atoms with E-state index in [1.54, 1.807) is 18.2 Å². The lowest BCUT2D eigenvalue weighted by atomic mass is 10.1. The van der Waals surface area contributed by atoms with E-state index < -0.39 is 23.9 Å². The fraction of sp³-hybridized carbons (Fsp3) is 0.176. The average Bonchev–Trinajstić information content (AvgIpc) is 2.53. The van der Waals surface area contributed by atoms with Crippen molar-refractivity contribution < 1.29 is 27.5 Å². The number of amides is 2. The molecule has 132 valence electrons. The number of nitrogens with one attached hydrogen (secondary N) is 2. The van der Waals surface area contributed by atoms with Crippen LogP contribution in [0.4, 0.5) is 18.9 Å². The molecule has 2 aromatic carbocycles. The van der Waals surface area contributed by atoms with Gasteiger partial charge in [-0.25, -0.2) is 0 Å². The lowest BCUT2D eigenvalue weighted by molar-refractivity contribution is -0.274. The minimum Gasteiger partial charge on any atom is -0.406 e. The van der Waals surface area contributed by atoms with Gasteiger partial charge in [0.2, 0.25) is 5.91 Å². The number of halogens is 3. The molecule has 25 heavy (non-hydrogen) atoms. The molecule has 0 aliphatic carbocycles. The SMILES string of the molecule is Cc1cccc(C(=O)NCC(=O)Nc2ccc(OC(F)(F)F)cc2)c1. The number of aryl methyl sites for hydroxylation is 1. The summed E-state index contributed by atoms with van der Waals surface area (Å²) >= 11 is 0. The number of ether oxygens (including phenoxy) is 1. The molecular weight excluding hydrogens is 337 g/mol. The molecule has 2 rings (SSSR count). The number of anilines is 1. The Labute approximate surface area is 141 Å². The van der Waals surface area contributed by atoms with Gasteiger partial charge in [0, 0.05) is 11.3 Å². The summed E-state index contributed by atoms with van der Waals surface area (Å²) in [6, 6.07) is 11.6. The van der Waals surface area contributed by atoms with Gasteiger partial charge in [0.05, 0.1) is 6.54 Å². The Morgan fingerprint density at radius 2 is 1.76 bits per heavy atom. The number of hydrogen-bond acceptors (Lipinski definition) is 3. The third-order valence-electron chi connectivity index (χ3n) is 3.06. The van der Waals surface area contributed by atoms with Crippen molar-refractivity contribution in [2.24, 2.45) is 0 Å². The summed E-state index contributed by atoms with van der Waals surface area (Å²) in [5, 5.41) is 4.92. The largest absolute Gasteiger partial charge is 0.573 e. The maximum Gasteiger partial charge on any atom is 0.573 e. The molecule has 0 heterocycles. The number of carbonyl (C=O) groups is 2. The molecule has 8 heteroatoms. The van der Waals surface area contributed by atoms with Crippen LogP contribution in [-0.4, -0.2) is 24.7 Å². The van der Waals surface area contributed by atoms with E-state index in [4.69, 9.17) is 0 Å². The molecule has 0 aromatic heterocycles. The number of benzene rings is 2. The summed E-state index contributed by atoms with van der Waals surface area (Å²) < 4.78 is 39.9. The van der Waals surface area contributed by atoms with Gasteiger partial charge in [-0.15, -0.1) is 13.2 Å². The number of rotatable bonds is 5. The number of carbonyl (C=O) groups excluding carboxylic acids is 2. The van der Waals surface area contributed by atoms with Crippen LogP contribution in [-0.2, 0) is 4.79 Å². The summed E-state index contributed by atoms with van der Waals surface area (Å²) in [5.74, 6) is -1.29. The summed E-state index contributed by atoms with van der Waals surface area (Å²) in [6.07, 6.45) is -4.77. The molecule has 2 N–H and O–H groups in total. The maximum atomic E-state index is 12.1. The van der Waals surface area contributed by atoms with Crippen molar-refractivity contribution >= 4 is 17.5 Å². The highest BCUT2D eigenvalue weighted by Gasteiger charge is 2.30. The van der Waals surface area contributed by atoms with Crippen molar-refractivity contribution in [3.05, 3.63) is 59.7 Å². The molecule has 0 bridgehead atoms. The van der Waals surface area contributed by atoms with Crippen molar-refractivity contribution in [2.75, 3.05) is 11.9 Å². The lowest BCUT2D eigenvalue weighted by Crippen LogP contribution is -2.32. The Bertz CT molecular complexity index is 758. The summed E-state index contributed by atoms with van der Waals surface area (Å²) in [5.41, 5.74) is 1.63. The second-order valence-electron chi connectivity index (χ2n) is 5.17. The molecule has 2 amide bonds. The summed E-state index contributed by atoms with van der Waals surface area (Å²) in [6.45, 7) is 1.57. The molecule has 0 fully saturated rings. The van der Waals surface area contributed by atoms with Gasteiger partial charge in [0.15, 0.2) is 0 Å². The lowest BCUT2D eigenvalue weighted by Gasteiger charge is -2.10. The van der Waals surface area contributed by atoms with Gasteiger partial charge in [-0.1, -0.05) is 17.7 Å². The van der Waals surface area contributed by atoms with Gasteiger partial charge in [-0.2, -0.15) is 0 Å². The molecule has 5 nitrogen and oxygen atoms in total. The number of alkyl halides is 3. The first-order chi connectivity index (χ1) is 11.7. The minimum atomic E-state index is -4.77. The average molecular weight is 352 g/mol.